The van der Waals surface area contributed by atoms with Crippen LogP contribution in [0.2, 0.25) is 0 Å². The van der Waals surface area contributed by atoms with E-state index in [4.69, 9.17) is 0 Å². The monoisotopic (exact) mass is 287 g/mol. The number of rotatable bonds is 4. The molecule has 110 valence electrons. The van der Waals surface area contributed by atoms with Gasteiger partial charge in [0.1, 0.15) is 17.7 Å². The number of hydrogen-bond donors (Lipinski definition) is 6. The third-order valence-electron chi connectivity index (χ3n) is 3.17. The van der Waals surface area contributed by atoms with E-state index in [1.807, 2.05) is 37.3 Å². The molecule has 0 radical (unpaired) electrons. The van der Waals surface area contributed by atoms with Crippen LogP contribution in [0.25, 0.3) is 11.4 Å². The van der Waals surface area contributed by atoms with Crippen LogP contribution in [0.4, 0.5) is 0 Å². The van der Waals surface area contributed by atoms with Gasteiger partial charge in [0.25, 0.3) is 5.91 Å². The quantitative estimate of drug-likeness (QED) is 0.455. The predicted molar refractivity (Wildman–Crippen MR) is 77.4 cm³/mol. The van der Waals surface area contributed by atoms with Gasteiger partial charge in [-0.3, -0.25) is 4.79 Å². The molecule has 0 unspecified atom stereocenters. The Balaban J connectivity index is 1.70. The summed E-state index contributed by atoms with van der Waals surface area (Å²) in [7, 11) is 0. The maximum Gasteiger partial charge on any atom is 0.271 e. The number of aromatic amines is 1. The fourth-order valence-electron chi connectivity index (χ4n) is 2.08. The first-order chi connectivity index (χ1) is 10.2. The van der Waals surface area contributed by atoms with Gasteiger partial charge in [0.2, 0.25) is 0 Å². The lowest BCUT2D eigenvalue weighted by Crippen LogP contribution is -2.44. The Labute approximate surface area is 121 Å². The van der Waals surface area contributed by atoms with E-state index in [1.165, 1.54) is 0 Å². The number of carbonyl (C=O) groups excluding carboxylic acids is 1. The Bertz CT molecular complexity index is 619. The number of aromatic nitrogens is 2. The third-order valence-corrected chi connectivity index (χ3v) is 3.17. The van der Waals surface area contributed by atoms with Crippen molar-refractivity contribution >= 4 is 5.91 Å². The largest absolute Gasteiger partial charge is 0.348 e. The number of nitrogens with one attached hydrogen (secondary N) is 6. The molecule has 1 aliphatic rings. The Morgan fingerprint density at radius 1 is 1.24 bits per heavy atom. The normalized spacial score (nSPS) is 15.3. The fourth-order valence-corrected chi connectivity index (χ4v) is 2.08. The highest BCUT2D eigenvalue weighted by molar-refractivity contribution is 5.94. The molecular weight excluding hydrogens is 270 g/mol. The lowest BCUT2D eigenvalue weighted by atomic mass is 10.2. The van der Waals surface area contributed by atoms with Gasteiger partial charge in [0.15, 0.2) is 0 Å². The van der Waals surface area contributed by atoms with Crippen LogP contribution in [0.15, 0.2) is 30.3 Å². The van der Waals surface area contributed by atoms with Crippen molar-refractivity contribution in [2.24, 2.45) is 0 Å². The Hall–Kier alpha value is -2.26. The molecule has 1 aromatic carbocycles. The van der Waals surface area contributed by atoms with Crippen LogP contribution in [-0.2, 0) is 0 Å². The van der Waals surface area contributed by atoms with Gasteiger partial charge in [0.05, 0.1) is 0 Å². The number of aryl methyl sites for hydroxylation is 1. The smallest absolute Gasteiger partial charge is 0.271 e. The summed E-state index contributed by atoms with van der Waals surface area (Å²) in [6, 6.07) is 9.71. The van der Waals surface area contributed by atoms with Gasteiger partial charge in [0, 0.05) is 17.8 Å². The van der Waals surface area contributed by atoms with Crippen molar-refractivity contribution in [1.82, 2.24) is 37.2 Å². The SMILES string of the molecule is Cc1[nH]c(-c2ccccc2)nc1C(=O)NCC1NNNN1. The van der Waals surface area contributed by atoms with E-state index >= 15 is 0 Å². The van der Waals surface area contributed by atoms with E-state index in [0.717, 1.165) is 11.3 Å². The Kier molecular flexibility index (Phi) is 3.93. The number of imidazole rings is 1. The second-order valence-electron chi connectivity index (χ2n) is 4.73. The van der Waals surface area contributed by atoms with Crippen LogP contribution in [0, 0.1) is 6.92 Å². The van der Waals surface area contributed by atoms with Gasteiger partial charge < -0.3 is 10.3 Å². The first-order valence-electron chi connectivity index (χ1n) is 6.65. The number of H-pyrrole nitrogens is 1. The molecule has 0 spiro atoms. The molecule has 1 amide bonds. The lowest BCUT2D eigenvalue weighted by Gasteiger charge is -2.09. The van der Waals surface area contributed by atoms with Crippen LogP contribution in [-0.4, -0.2) is 28.6 Å². The molecule has 1 aromatic heterocycles. The molecule has 0 atom stereocenters. The summed E-state index contributed by atoms with van der Waals surface area (Å²) in [6.45, 7) is 2.26. The van der Waals surface area contributed by atoms with E-state index in [-0.39, 0.29) is 12.1 Å². The van der Waals surface area contributed by atoms with Gasteiger partial charge in [-0.05, 0) is 6.92 Å². The van der Waals surface area contributed by atoms with Crippen molar-refractivity contribution in [3.8, 4) is 11.4 Å². The van der Waals surface area contributed by atoms with Gasteiger partial charge in [-0.2, -0.15) is 11.1 Å². The Morgan fingerprint density at radius 2 is 1.95 bits per heavy atom. The number of carbonyl (C=O) groups is 1. The minimum absolute atomic E-state index is 0.0817. The van der Waals surface area contributed by atoms with E-state index in [9.17, 15) is 4.79 Å². The molecule has 0 saturated carbocycles. The summed E-state index contributed by atoms with van der Waals surface area (Å²) >= 11 is 0. The minimum Gasteiger partial charge on any atom is -0.348 e. The van der Waals surface area contributed by atoms with Crippen LogP contribution < -0.4 is 27.2 Å². The molecule has 0 bridgehead atoms. The summed E-state index contributed by atoms with van der Waals surface area (Å²) < 4.78 is 0. The van der Waals surface area contributed by atoms with Crippen molar-refractivity contribution in [2.75, 3.05) is 6.54 Å². The number of benzene rings is 1. The number of amides is 1. The molecule has 2 heterocycles. The number of hydrazine groups is 3. The van der Waals surface area contributed by atoms with Gasteiger partial charge in [-0.25, -0.2) is 15.8 Å². The maximum absolute atomic E-state index is 12.2. The predicted octanol–water partition coefficient (Wildman–Crippen LogP) is -0.442. The highest BCUT2D eigenvalue weighted by Gasteiger charge is 2.18. The lowest BCUT2D eigenvalue weighted by molar-refractivity contribution is 0.0944. The van der Waals surface area contributed by atoms with E-state index in [2.05, 4.69) is 37.2 Å². The zero-order chi connectivity index (χ0) is 14.7. The highest BCUT2D eigenvalue weighted by Crippen LogP contribution is 2.17. The van der Waals surface area contributed by atoms with E-state index in [1.54, 1.807) is 0 Å². The van der Waals surface area contributed by atoms with Crippen molar-refractivity contribution in [1.29, 1.82) is 0 Å². The maximum atomic E-state index is 12.2. The van der Waals surface area contributed by atoms with Crippen LogP contribution in [0.5, 0.6) is 0 Å². The van der Waals surface area contributed by atoms with Crippen molar-refractivity contribution in [2.45, 2.75) is 13.1 Å². The summed E-state index contributed by atoms with van der Waals surface area (Å²) in [5, 5.41) is 2.82. The molecule has 1 aliphatic heterocycles. The average molecular weight is 287 g/mol. The molecule has 1 fully saturated rings. The topological polar surface area (TPSA) is 106 Å². The first-order valence-corrected chi connectivity index (χ1v) is 6.65. The zero-order valence-electron chi connectivity index (χ0n) is 11.5. The zero-order valence-corrected chi connectivity index (χ0v) is 11.5. The minimum atomic E-state index is -0.207. The molecule has 2 aromatic rings. The second-order valence-corrected chi connectivity index (χ2v) is 4.73. The second kappa shape index (κ2) is 6.02. The van der Waals surface area contributed by atoms with Gasteiger partial charge in [-0.15, -0.1) is 0 Å². The standard InChI is InChI=1S/C13H17N7O/c1-8-11(13(21)14-7-10-17-19-20-18-10)16-12(15-8)9-5-3-2-4-6-9/h2-6,10,17-20H,7H2,1H3,(H,14,21)(H,15,16). The molecule has 1 saturated heterocycles. The summed E-state index contributed by atoms with van der Waals surface area (Å²) in [6.07, 6.45) is -0.0817. The summed E-state index contributed by atoms with van der Waals surface area (Å²) in [4.78, 5) is 19.7. The number of nitrogens with zero attached hydrogens (tertiary/aromatic N) is 1. The average Bonchev–Trinajstić information content (AvgIpc) is 3.15. The van der Waals surface area contributed by atoms with Crippen LogP contribution in [0.3, 0.4) is 0 Å². The van der Waals surface area contributed by atoms with E-state index in [0.29, 0.717) is 18.1 Å². The van der Waals surface area contributed by atoms with E-state index < -0.39 is 0 Å². The molecule has 0 aliphatic carbocycles. The van der Waals surface area contributed by atoms with Gasteiger partial charge in [-0.1, -0.05) is 30.3 Å². The highest BCUT2D eigenvalue weighted by atomic mass is 16.2. The van der Waals surface area contributed by atoms with Crippen LogP contribution in [0.1, 0.15) is 16.2 Å². The molecule has 8 heteroatoms. The van der Waals surface area contributed by atoms with Crippen molar-refractivity contribution < 1.29 is 4.79 Å². The summed E-state index contributed by atoms with van der Waals surface area (Å²) in [5.41, 5.74) is 13.3. The molecular formula is C13H17N7O. The van der Waals surface area contributed by atoms with Gasteiger partial charge >= 0.3 is 0 Å². The first kappa shape index (κ1) is 13.7. The molecule has 8 nitrogen and oxygen atoms in total. The van der Waals surface area contributed by atoms with Crippen LogP contribution >= 0.6 is 0 Å². The number of hydrogen-bond acceptors (Lipinski definition) is 6. The third kappa shape index (κ3) is 3.09. The molecule has 21 heavy (non-hydrogen) atoms. The van der Waals surface area contributed by atoms with Crippen molar-refractivity contribution in [3.63, 3.8) is 0 Å². The molecule has 3 rings (SSSR count). The molecule has 6 N–H and O–H groups in total. The Morgan fingerprint density at radius 3 is 2.67 bits per heavy atom. The fraction of sp³-hybridized carbons (Fsp3) is 0.231. The van der Waals surface area contributed by atoms with Crippen molar-refractivity contribution in [3.05, 3.63) is 41.7 Å². The summed E-state index contributed by atoms with van der Waals surface area (Å²) in [5.74, 6) is 0.486.